The highest BCUT2D eigenvalue weighted by molar-refractivity contribution is 5.77. The molecule has 0 radical (unpaired) electrons. The molecule has 0 saturated carbocycles. The quantitative estimate of drug-likeness (QED) is 0.504. The molecule has 27 heavy (non-hydrogen) atoms. The normalized spacial score (nSPS) is 13.1. The number of halogens is 6. The second kappa shape index (κ2) is 7.89. The van der Waals surface area contributed by atoms with Gasteiger partial charge in [-0.2, -0.15) is 26.3 Å². The number of hydrogen-bond acceptors (Lipinski definition) is 3. The molecule has 9 heteroatoms. The van der Waals surface area contributed by atoms with Gasteiger partial charge in [-0.15, -0.1) is 0 Å². The molecule has 0 saturated heterocycles. The SMILES string of the molecule is CCOC(=O)[C@@H](Oc1ccc(C(F)(F)F)cc1)c1cccc(C(F)(F)F)c1. The average molecular weight is 392 g/mol. The largest absolute Gasteiger partial charge is 0.474 e. The third kappa shape index (κ3) is 5.38. The topological polar surface area (TPSA) is 35.5 Å². The molecule has 2 aromatic rings. The molecule has 0 aliphatic rings. The highest BCUT2D eigenvalue weighted by Gasteiger charge is 2.33. The molecule has 0 aliphatic carbocycles. The molecular weight excluding hydrogens is 378 g/mol. The minimum atomic E-state index is -4.64. The zero-order valence-corrected chi connectivity index (χ0v) is 13.9. The molecule has 2 rings (SSSR count). The van der Waals surface area contributed by atoms with Crippen LogP contribution in [0.1, 0.15) is 29.7 Å². The number of hydrogen-bond donors (Lipinski definition) is 0. The van der Waals surface area contributed by atoms with E-state index in [0.29, 0.717) is 0 Å². The Hall–Kier alpha value is -2.71. The summed E-state index contributed by atoms with van der Waals surface area (Å²) < 4.78 is 86.7. The lowest BCUT2D eigenvalue weighted by Gasteiger charge is -2.19. The van der Waals surface area contributed by atoms with E-state index in [1.54, 1.807) is 0 Å². The third-order valence-electron chi connectivity index (χ3n) is 3.45. The highest BCUT2D eigenvalue weighted by atomic mass is 19.4. The minimum absolute atomic E-state index is 0.0509. The van der Waals surface area contributed by atoms with Crippen LogP contribution in [0.15, 0.2) is 48.5 Å². The summed E-state index contributed by atoms with van der Waals surface area (Å²) in [6.07, 6.45) is -10.8. The van der Waals surface area contributed by atoms with Gasteiger partial charge in [0.15, 0.2) is 0 Å². The number of esters is 1. The van der Waals surface area contributed by atoms with E-state index in [2.05, 4.69) is 0 Å². The Kier molecular flexibility index (Phi) is 6.02. The Labute approximate surface area is 150 Å². The molecule has 0 unspecified atom stereocenters. The van der Waals surface area contributed by atoms with Crippen LogP contribution in [0, 0.1) is 0 Å². The Morgan fingerprint density at radius 1 is 0.926 bits per heavy atom. The predicted molar refractivity (Wildman–Crippen MR) is 82.9 cm³/mol. The van der Waals surface area contributed by atoms with Gasteiger partial charge in [-0.25, -0.2) is 4.79 Å². The van der Waals surface area contributed by atoms with E-state index in [1.807, 2.05) is 0 Å². The first-order chi connectivity index (χ1) is 12.5. The van der Waals surface area contributed by atoms with Crippen LogP contribution in [-0.2, 0) is 21.9 Å². The van der Waals surface area contributed by atoms with Crippen molar-refractivity contribution >= 4 is 5.97 Å². The van der Waals surface area contributed by atoms with Crippen LogP contribution >= 0.6 is 0 Å². The van der Waals surface area contributed by atoms with Gasteiger partial charge in [0.25, 0.3) is 0 Å². The van der Waals surface area contributed by atoms with Crippen LogP contribution in [-0.4, -0.2) is 12.6 Å². The van der Waals surface area contributed by atoms with Crippen molar-refractivity contribution < 1.29 is 40.6 Å². The molecule has 2 aromatic carbocycles. The molecule has 0 aromatic heterocycles. The van der Waals surface area contributed by atoms with Gasteiger partial charge >= 0.3 is 18.3 Å². The van der Waals surface area contributed by atoms with Gasteiger partial charge in [0.05, 0.1) is 17.7 Å². The van der Waals surface area contributed by atoms with E-state index >= 15 is 0 Å². The molecule has 1 atom stereocenters. The molecule has 0 heterocycles. The molecule has 0 aliphatic heterocycles. The maximum Gasteiger partial charge on any atom is 0.416 e. The second-order valence-electron chi connectivity index (χ2n) is 5.40. The van der Waals surface area contributed by atoms with Crippen molar-refractivity contribution in [3.05, 3.63) is 65.2 Å². The summed E-state index contributed by atoms with van der Waals surface area (Å²) in [5.74, 6) is -1.09. The molecule has 0 spiro atoms. The van der Waals surface area contributed by atoms with Crippen LogP contribution in [0.5, 0.6) is 5.75 Å². The third-order valence-corrected chi connectivity index (χ3v) is 3.45. The number of ether oxygens (including phenoxy) is 2. The predicted octanol–water partition coefficient (Wildman–Crippen LogP) is 5.41. The van der Waals surface area contributed by atoms with Crippen molar-refractivity contribution in [1.82, 2.24) is 0 Å². The van der Waals surface area contributed by atoms with Gasteiger partial charge in [-0.05, 0) is 43.3 Å². The molecule has 0 N–H and O–H groups in total. The fourth-order valence-corrected chi connectivity index (χ4v) is 2.21. The van der Waals surface area contributed by atoms with E-state index in [0.717, 1.165) is 42.5 Å². The fraction of sp³-hybridized carbons (Fsp3) is 0.278. The monoisotopic (exact) mass is 392 g/mol. The van der Waals surface area contributed by atoms with Gasteiger partial charge in [0, 0.05) is 5.56 Å². The first kappa shape index (κ1) is 20.6. The lowest BCUT2D eigenvalue weighted by Crippen LogP contribution is -2.22. The van der Waals surface area contributed by atoms with Gasteiger partial charge in [0.2, 0.25) is 6.10 Å². The zero-order valence-electron chi connectivity index (χ0n) is 13.9. The number of benzene rings is 2. The lowest BCUT2D eigenvalue weighted by molar-refractivity contribution is -0.152. The van der Waals surface area contributed by atoms with Crippen molar-refractivity contribution in [1.29, 1.82) is 0 Å². The highest BCUT2D eigenvalue weighted by Crippen LogP contribution is 2.34. The Morgan fingerprint density at radius 3 is 2.04 bits per heavy atom. The minimum Gasteiger partial charge on any atom is -0.474 e. The van der Waals surface area contributed by atoms with Crippen molar-refractivity contribution in [2.45, 2.75) is 25.4 Å². The standard InChI is InChI=1S/C18H14F6O3/c1-2-26-16(25)15(11-4-3-5-13(10-11)18(22,23)24)27-14-8-6-12(7-9-14)17(19,20)21/h3-10,15H,2H2,1H3/t15-/m0/s1. The number of carbonyl (C=O) groups is 1. The van der Waals surface area contributed by atoms with Crippen molar-refractivity contribution in [3.63, 3.8) is 0 Å². The molecule has 0 bridgehead atoms. The van der Waals surface area contributed by atoms with Gasteiger partial charge in [-0.3, -0.25) is 0 Å². The molecule has 146 valence electrons. The summed E-state index contributed by atoms with van der Waals surface area (Å²) >= 11 is 0. The van der Waals surface area contributed by atoms with E-state index in [1.165, 1.54) is 13.0 Å². The molecular formula is C18H14F6O3. The fourth-order valence-electron chi connectivity index (χ4n) is 2.21. The van der Waals surface area contributed by atoms with Gasteiger partial charge in [0.1, 0.15) is 5.75 Å². The first-order valence-electron chi connectivity index (χ1n) is 7.70. The van der Waals surface area contributed by atoms with Crippen molar-refractivity contribution in [2.75, 3.05) is 6.61 Å². The Morgan fingerprint density at radius 2 is 1.52 bits per heavy atom. The Bertz CT molecular complexity index is 781. The smallest absolute Gasteiger partial charge is 0.416 e. The summed E-state index contributed by atoms with van der Waals surface area (Å²) in [6.45, 7) is 1.45. The summed E-state index contributed by atoms with van der Waals surface area (Å²) in [4.78, 5) is 12.1. The summed E-state index contributed by atoms with van der Waals surface area (Å²) in [5, 5.41) is 0. The molecule has 3 nitrogen and oxygen atoms in total. The number of alkyl halides is 6. The number of rotatable bonds is 5. The maximum atomic E-state index is 12.9. The van der Waals surface area contributed by atoms with E-state index < -0.39 is 35.6 Å². The van der Waals surface area contributed by atoms with E-state index in [4.69, 9.17) is 9.47 Å². The summed E-state index contributed by atoms with van der Waals surface area (Å²) in [5.41, 5.74) is -2.06. The van der Waals surface area contributed by atoms with Crippen molar-refractivity contribution in [3.8, 4) is 5.75 Å². The van der Waals surface area contributed by atoms with Crippen LogP contribution in [0.4, 0.5) is 26.3 Å². The zero-order chi connectivity index (χ0) is 20.2. The van der Waals surface area contributed by atoms with Crippen molar-refractivity contribution in [2.24, 2.45) is 0 Å². The maximum absolute atomic E-state index is 12.9. The van der Waals surface area contributed by atoms with Crippen LogP contribution in [0.3, 0.4) is 0 Å². The number of carbonyl (C=O) groups excluding carboxylic acids is 1. The van der Waals surface area contributed by atoms with Gasteiger partial charge < -0.3 is 9.47 Å². The average Bonchev–Trinajstić information content (AvgIpc) is 2.59. The second-order valence-corrected chi connectivity index (χ2v) is 5.40. The molecule has 0 fully saturated rings. The summed E-state index contributed by atoms with van der Waals surface area (Å²) in [7, 11) is 0. The summed E-state index contributed by atoms with van der Waals surface area (Å²) in [6, 6.07) is 7.32. The first-order valence-corrected chi connectivity index (χ1v) is 7.70. The van der Waals surface area contributed by atoms with Crippen LogP contribution < -0.4 is 4.74 Å². The lowest BCUT2D eigenvalue weighted by atomic mass is 10.1. The Balaban J connectivity index is 2.34. The van der Waals surface area contributed by atoms with Crippen LogP contribution in [0.2, 0.25) is 0 Å². The van der Waals surface area contributed by atoms with E-state index in [-0.39, 0.29) is 17.9 Å². The van der Waals surface area contributed by atoms with Crippen LogP contribution in [0.25, 0.3) is 0 Å². The molecule has 0 amide bonds. The van der Waals surface area contributed by atoms with E-state index in [9.17, 15) is 31.1 Å². The van der Waals surface area contributed by atoms with Gasteiger partial charge in [-0.1, -0.05) is 12.1 Å².